The van der Waals surface area contributed by atoms with Gasteiger partial charge in [0.2, 0.25) is 5.13 Å². The number of aromatic hydroxyl groups is 1. The third kappa shape index (κ3) is 3.37. The second-order valence-electron chi connectivity index (χ2n) is 3.46. The number of carbonyl (C=O) groups is 1. The summed E-state index contributed by atoms with van der Waals surface area (Å²) in [6.45, 7) is 0. The monoisotopic (exact) mass is 272 g/mol. The van der Waals surface area contributed by atoms with E-state index in [1.807, 2.05) is 0 Å². The summed E-state index contributed by atoms with van der Waals surface area (Å²) in [7, 11) is 0. The molecule has 0 aliphatic heterocycles. The first-order chi connectivity index (χ1) is 9.19. The molecule has 7 heteroatoms. The molecule has 0 saturated carbocycles. The lowest BCUT2D eigenvalue weighted by molar-refractivity contribution is -0.112. The maximum absolute atomic E-state index is 11.8. The van der Waals surface area contributed by atoms with E-state index < -0.39 is 5.91 Å². The molecule has 0 aliphatic rings. The quantitative estimate of drug-likeness (QED) is 0.655. The van der Waals surface area contributed by atoms with Gasteiger partial charge in [-0.3, -0.25) is 10.1 Å². The van der Waals surface area contributed by atoms with Crippen molar-refractivity contribution in [3.8, 4) is 11.8 Å². The molecule has 0 aliphatic carbocycles. The Morgan fingerprint density at radius 3 is 3.00 bits per heavy atom. The minimum Gasteiger partial charge on any atom is -0.508 e. The lowest BCUT2D eigenvalue weighted by atomic mass is 10.1. The second kappa shape index (κ2) is 5.75. The Bertz CT molecular complexity index is 659. The Kier molecular flexibility index (Phi) is 3.85. The second-order valence-corrected chi connectivity index (χ2v) is 4.30. The van der Waals surface area contributed by atoms with Crippen LogP contribution < -0.4 is 5.32 Å². The molecule has 0 saturated heterocycles. The molecule has 1 amide bonds. The highest BCUT2D eigenvalue weighted by molar-refractivity contribution is 7.13. The molecule has 0 spiro atoms. The van der Waals surface area contributed by atoms with E-state index in [2.05, 4.69) is 15.5 Å². The summed E-state index contributed by atoms with van der Waals surface area (Å²) in [5, 5.41) is 28.3. The van der Waals surface area contributed by atoms with E-state index >= 15 is 0 Å². The van der Waals surface area contributed by atoms with Crippen molar-refractivity contribution in [2.75, 3.05) is 5.32 Å². The third-order valence-corrected chi connectivity index (χ3v) is 2.73. The molecule has 0 unspecified atom stereocenters. The summed E-state index contributed by atoms with van der Waals surface area (Å²) in [4.78, 5) is 11.8. The Labute approximate surface area is 112 Å². The fraction of sp³-hybridized carbons (Fsp3) is 0. The van der Waals surface area contributed by atoms with E-state index in [4.69, 9.17) is 5.26 Å². The van der Waals surface area contributed by atoms with Gasteiger partial charge in [-0.1, -0.05) is 23.5 Å². The SMILES string of the molecule is N#C/C(=C\c1cccc(O)c1)C(=O)Nc1nncs1. The summed E-state index contributed by atoms with van der Waals surface area (Å²) in [6, 6.07) is 8.06. The topological polar surface area (TPSA) is 98.9 Å². The van der Waals surface area contributed by atoms with Gasteiger partial charge in [0, 0.05) is 0 Å². The van der Waals surface area contributed by atoms with Gasteiger partial charge in [0.15, 0.2) is 0 Å². The summed E-state index contributed by atoms with van der Waals surface area (Å²) < 4.78 is 0. The van der Waals surface area contributed by atoms with Crippen molar-refractivity contribution in [2.24, 2.45) is 0 Å². The van der Waals surface area contributed by atoms with Crippen molar-refractivity contribution in [2.45, 2.75) is 0 Å². The highest BCUT2D eigenvalue weighted by Gasteiger charge is 2.11. The molecule has 94 valence electrons. The van der Waals surface area contributed by atoms with Gasteiger partial charge in [-0.25, -0.2) is 0 Å². The lowest BCUT2D eigenvalue weighted by Crippen LogP contribution is -2.13. The maximum atomic E-state index is 11.8. The molecular weight excluding hydrogens is 264 g/mol. The van der Waals surface area contributed by atoms with Gasteiger partial charge in [-0.05, 0) is 23.8 Å². The molecule has 2 rings (SSSR count). The van der Waals surface area contributed by atoms with Crippen LogP contribution in [0.4, 0.5) is 5.13 Å². The Hall–Kier alpha value is -2.72. The molecule has 19 heavy (non-hydrogen) atoms. The van der Waals surface area contributed by atoms with Gasteiger partial charge in [0.1, 0.15) is 22.9 Å². The average molecular weight is 272 g/mol. The van der Waals surface area contributed by atoms with Gasteiger partial charge in [-0.15, -0.1) is 10.2 Å². The number of aromatic nitrogens is 2. The first-order valence-corrected chi connectivity index (χ1v) is 6.05. The summed E-state index contributed by atoms with van der Waals surface area (Å²) in [6.07, 6.45) is 1.39. The van der Waals surface area contributed by atoms with Crippen molar-refractivity contribution in [1.29, 1.82) is 5.26 Å². The van der Waals surface area contributed by atoms with Crippen molar-refractivity contribution >= 4 is 28.5 Å². The van der Waals surface area contributed by atoms with Crippen molar-refractivity contribution in [3.63, 3.8) is 0 Å². The normalized spacial score (nSPS) is 10.8. The Morgan fingerprint density at radius 1 is 1.53 bits per heavy atom. The van der Waals surface area contributed by atoms with Crippen LogP contribution in [0.5, 0.6) is 5.75 Å². The molecule has 2 N–H and O–H groups in total. The number of nitrogens with zero attached hydrogens (tertiary/aromatic N) is 3. The van der Waals surface area contributed by atoms with Crippen LogP contribution in [0, 0.1) is 11.3 Å². The molecular formula is C12H8N4O2S. The van der Waals surface area contributed by atoms with Crippen LogP contribution in [0.1, 0.15) is 5.56 Å². The minimum absolute atomic E-state index is 0.0653. The minimum atomic E-state index is -0.567. The summed E-state index contributed by atoms with van der Waals surface area (Å²) in [5.41, 5.74) is 1.95. The van der Waals surface area contributed by atoms with Gasteiger partial charge < -0.3 is 5.11 Å². The Balaban J connectivity index is 2.20. The molecule has 0 fully saturated rings. The van der Waals surface area contributed by atoms with Crippen LogP contribution in [-0.2, 0) is 4.79 Å². The smallest absolute Gasteiger partial charge is 0.268 e. The van der Waals surface area contributed by atoms with Crippen LogP contribution in [0.2, 0.25) is 0 Å². The molecule has 1 aromatic carbocycles. The molecule has 1 heterocycles. The van der Waals surface area contributed by atoms with Gasteiger partial charge in [0.05, 0.1) is 0 Å². The zero-order chi connectivity index (χ0) is 13.7. The van der Waals surface area contributed by atoms with Crippen LogP contribution in [-0.4, -0.2) is 21.2 Å². The number of phenols is 1. The number of amides is 1. The van der Waals surface area contributed by atoms with Gasteiger partial charge >= 0.3 is 0 Å². The molecule has 6 nitrogen and oxygen atoms in total. The molecule has 2 aromatic rings. The van der Waals surface area contributed by atoms with E-state index in [9.17, 15) is 9.90 Å². The van der Waals surface area contributed by atoms with Crippen LogP contribution in [0.25, 0.3) is 6.08 Å². The predicted octanol–water partition coefficient (Wildman–Crippen LogP) is 1.79. The Morgan fingerprint density at radius 2 is 2.37 bits per heavy atom. The first kappa shape index (κ1) is 12.7. The van der Waals surface area contributed by atoms with E-state index in [1.165, 1.54) is 23.7 Å². The summed E-state index contributed by atoms with van der Waals surface area (Å²) >= 11 is 1.16. The van der Waals surface area contributed by atoms with E-state index in [1.54, 1.807) is 18.2 Å². The van der Waals surface area contributed by atoms with E-state index in [-0.39, 0.29) is 11.3 Å². The zero-order valence-corrected chi connectivity index (χ0v) is 10.4. The van der Waals surface area contributed by atoms with Crippen molar-refractivity contribution in [3.05, 3.63) is 40.9 Å². The van der Waals surface area contributed by atoms with Crippen molar-refractivity contribution in [1.82, 2.24) is 10.2 Å². The fourth-order valence-electron chi connectivity index (χ4n) is 1.32. The number of hydrogen-bond acceptors (Lipinski definition) is 6. The largest absolute Gasteiger partial charge is 0.508 e. The number of nitrogens with one attached hydrogen (secondary N) is 1. The number of benzene rings is 1. The highest BCUT2D eigenvalue weighted by Crippen LogP contribution is 2.15. The number of carbonyl (C=O) groups excluding carboxylic acids is 1. The van der Waals surface area contributed by atoms with E-state index in [0.717, 1.165) is 11.3 Å². The number of nitriles is 1. The zero-order valence-electron chi connectivity index (χ0n) is 9.57. The number of phenolic OH excluding ortho intramolecular Hbond substituents is 1. The predicted molar refractivity (Wildman–Crippen MR) is 70.2 cm³/mol. The van der Waals surface area contributed by atoms with Crippen LogP contribution in [0.3, 0.4) is 0 Å². The van der Waals surface area contributed by atoms with Crippen molar-refractivity contribution < 1.29 is 9.90 Å². The number of hydrogen-bond donors (Lipinski definition) is 2. The molecule has 0 bridgehead atoms. The van der Waals surface area contributed by atoms with Gasteiger partial charge in [0.25, 0.3) is 5.91 Å². The average Bonchev–Trinajstić information content (AvgIpc) is 2.88. The molecule has 0 atom stereocenters. The van der Waals surface area contributed by atoms with Crippen LogP contribution >= 0.6 is 11.3 Å². The summed E-state index contributed by atoms with van der Waals surface area (Å²) in [5.74, 6) is -0.502. The van der Waals surface area contributed by atoms with Crippen LogP contribution in [0.15, 0.2) is 35.3 Å². The van der Waals surface area contributed by atoms with E-state index in [0.29, 0.717) is 10.7 Å². The molecule has 1 aromatic heterocycles. The molecule has 0 radical (unpaired) electrons. The standard InChI is InChI=1S/C12H8N4O2S/c13-6-9(4-8-2-1-3-10(17)5-8)11(18)15-12-16-14-7-19-12/h1-5,7,17H,(H,15,16,18)/b9-4+. The number of rotatable bonds is 3. The maximum Gasteiger partial charge on any atom is 0.268 e. The fourth-order valence-corrected chi connectivity index (χ4v) is 1.76. The third-order valence-electron chi connectivity index (χ3n) is 2.13. The van der Waals surface area contributed by atoms with Gasteiger partial charge in [-0.2, -0.15) is 5.26 Å². The highest BCUT2D eigenvalue weighted by atomic mass is 32.1. The number of anilines is 1. The first-order valence-electron chi connectivity index (χ1n) is 5.17. The lowest BCUT2D eigenvalue weighted by Gasteiger charge is -2.00.